The number of fused-ring (bicyclic) bond motifs is 2. The van der Waals surface area contributed by atoms with Crippen LogP contribution in [0.25, 0.3) is 22.1 Å². The molecule has 3 heterocycles. The number of pyridine rings is 1. The molecule has 3 aromatic heterocycles. The number of nitrogens with one attached hydrogen (secondary N) is 1. The summed E-state index contributed by atoms with van der Waals surface area (Å²) in [6.07, 6.45) is 3.54. The molecule has 0 aliphatic carbocycles. The number of nitrogens with zero attached hydrogens (tertiary/aromatic N) is 5. The Labute approximate surface area is 215 Å². The second kappa shape index (κ2) is 10.3. The Hall–Kier alpha value is -4.45. The Morgan fingerprint density at radius 3 is 2.70 bits per heavy atom. The van der Waals surface area contributed by atoms with E-state index >= 15 is 0 Å². The summed E-state index contributed by atoms with van der Waals surface area (Å²) in [7, 11) is 3.94. The number of nitrogen functional groups attached to an aromatic ring is 1. The van der Waals surface area contributed by atoms with Gasteiger partial charge in [-0.2, -0.15) is 0 Å². The molecular formula is C29H29N7O. The molecule has 0 aliphatic rings. The number of hydrogen-bond donors (Lipinski definition) is 2. The van der Waals surface area contributed by atoms with Crippen LogP contribution >= 0.6 is 0 Å². The Balaban J connectivity index is 1.60. The van der Waals surface area contributed by atoms with Crippen LogP contribution in [0.5, 0.6) is 0 Å². The van der Waals surface area contributed by atoms with E-state index < -0.39 is 0 Å². The van der Waals surface area contributed by atoms with Crippen molar-refractivity contribution in [2.75, 3.05) is 26.4 Å². The monoisotopic (exact) mass is 491 g/mol. The quantitative estimate of drug-likeness (QED) is 0.354. The predicted octanol–water partition coefficient (Wildman–Crippen LogP) is 3.38. The highest BCUT2D eigenvalue weighted by atomic mass is 16.1. The summed E-state index contributed by atoms with van der Waals surface area (Å²) in [5, 5.41) is 9.35. The van der Waals surface area contributed by atoms with E-state index in [4.69, 9.17) is 5.73 Å². The Morgan fingerprint density at radius 1 is 1.11 bits per heavy atom. The molecule has 2 aromatic carbocycles. The number of benzene rings is 2. The molecule has 1 unspecified atom stereocenters. The van der Waals surface area contributed by atoms with Gasteiger partial charge in [0.1, 0.15) is 0 Å². The van der Waals surface area contributed by atoms with Gasteiger partial charge in [0.2, 0.25) is 0 Å². The fourth-order valence-electron chi connectivity index (χ4n) is 4.42. The van der Waals surface area contributed by atoms with Crippen LogP contribution in [-0.2, 0) is 6.54 Å². The van der Waals surface area contributed by atoms with Gasteiger partial charge in [-0.05, 0) is 56.7 Å². The summed E-state index contributed by atoms with van der Waals surface area (Å²) in [4.78, 5) is 20.5. The minimum Gasteiger partial charge on any atom is -0.382 e. The molecule has 8 nitrogen and oxygen atoms in total. The number of aromatic nitrogens is 4. The van der Waals surface area contributed by atoms with Crippen molar-refractivity contribution in [3.05, 3.63) is 100 Å². The maximum Gasteiger partial charge on any atom is 0.264 e. The van der Waals surface area contributed by atoms with Gasteiger partial charge in [0.05, 0.1) is 17.5 Å². The molecule has 186 valence electrons. The predicted molar refractivity (Wildman–Crippen MR) is 148 cm³/mol. The average Bonchev–Trinajstić information content (AvgIpc) is 3.22. The van der Waals surface area contributed by atoms with Gasteiger partial charge >= 0.3 is 0 Å². The van der Waals surface area contributed by atoms with Gasteiger partial charge in [-0.25, -0.2) is 9.50 Å². The van der Waals surface area contributed by atoms with E-state index in [0.29, 0.717) is 29.9 Å². The van der Waals surface area contributed by atoms with Gasteiger partial charge in [-0.3, -0.25) is 14.3 Å². The zero-order valence-electron chi connectivity index (χ0n) is 21.1. The number of nitrogens with two attached hydrogens (primary N) is 1. The fraction of sp³-hybridized carbons (Fsp3) is 0.207. The Bertz CT molecular complexity index is 1690. The summed E-state index contributed by atoms with van der Waals surface area (Å²) in [5.74, 6) is 6.80. The average molecular weight is 492 g/mol. The molecule has 0 saturated heterocycles. The van der Waals surface area contributed by atoms with Crippen LogP contribution in [-0.4, -0.2) is 44.7 Å². The van der Waals surface area contributed by atoms with Crippen LogP contribution in [0.3, 0.4) is 0 Å². The van der Waals surface area contributed by atoms with Gasteiger partial charge in [-0.1, -0.05) is 42.2 Å². The molecule has 0 saturated carbocycles. The molecule has 0 radical (unpaired) electrons. The Morgan fingerprint density at radius 2 is 1.92 bits per heavy atom. The first kappa shape index (κ1) is 24.3. The van der Waals surface area contributed by atoms with E-state index in [1.807, 2.05) is 86.7 Å². The molecule has 0 amide bonds. The SMILES string of the molecule is CC(NCc1c(N)nn2cccnc12)c1cc2cccc(C#CCN(C)C)c2c(=O)n1-c1ccccc1. The molecule has 5 rings (SSSR count). The van der Waals surface area contributed by atoms with Crippen LogP contribution in [0.1, 0.15) is 29.8 Å². The van der Waals surface area contributed by atoms with Crippen LogP contribution in [0.2, 0.25) is 0 Å². The lowest BCUT2D eigenvalue weighted by molar-refractivity contribution is 0.464. The zero-order valence-corrected chi connectivity index (χ0v) is 21.1. The molecule has 0 bridgehead atoms. The highest BCUT2D eigenvalue weighted by molar-refractivity contribution is 5.88. The maximum absolute atomic E-state index is 14.0. The largest absolute Gasteiger partial charge is 0.382 e. The molecule has 5 aromatic rings. The van der Waals surface area contributed by atoms with Gasteiger partial charge in [-0.15, -0.1) is 5.10 Å². The normalized spacial score (nSPS) is 12.1. The number of hydrogen-bond acceptors (Lipinski definition) is 6. The molecule has 0 aliphatic heterocycles. The molecule has 8 heteroatoms. The van der Waals surface area contributed by atoms with Crippen molar-refractivity contribution in [3.8, 4) is 17.5 Å². The van der Waals surface area contributed by atoms with Crippen LogP contribution in [0, 0.1) is 11.8 Å². The van der Waals surface area contributed by atoms with Crippen molar-refractivity contribution in [2.24, 2.45) is 0 Å². The van der Waals surface area contributed by atoms with E-state index in [0.717, 1.165) is 27.9 Å². The molecule has 1 atom stereocenters. The summed E-state index contributed by atoms with van der Waals surface area (Å²) in [6.45, 7) is 3.10. The Kier molecular flexibility index (Phi) is 6.73. The minimum atomic E-state index is -0.182. The molecule has 0 fully saturated rings. The molecule has 0 spiro atoms. The van der Waals surface area contributed by atoms with Crippen molar-refractivity contribution in [2.45, 2.75) is 19.5 Å². The van der Waals surface area contributed by atoms with Gasteiger partial charge in [0, 0.05) is 41.9 Å². The van der Waals surface area contributed by atoms with E-state index in [1.54, 1.807) is 15.3 Å². The maximum atomic E-state index is 14.0. The number of anilines is 1. The summed E-state index contributed by atoms with van der Waals surface area (Å²) in [5.41, 5.74) is 9.98. The van der Waals surface area contributed by atoms with E-state index in [-0.39, 0.29) is 11.6 Å². The molecule has 3 N–H and O–H groups in total. The van der Waals surface area contributed by atoms with Gasteiger partial charge < -0.3 is 11.1 Å². The first-order valence-corrected chi connectivity index (χ1v) is 12.1. The third-order valence-electron chi connectivity index (χ3n) is 6.26. The fourth-order valence-corrected chi connectivity index (χ4v) is 4.42. The lowest BCUT2D eigenvalue weighted by Crippen LogP contribution is -2.29. The summed E-state index contributed by atoms with van der Waals surface area (Å²) in [6, 6.07) is 19.2. The second-order valence-electron chi connectivity index (χ2n) is 9.21. The topological polar surface area (TPSA) is 93.5 Å². The highest BCUT2D eigenvalue weighted by Gasteiger charge is 2.19. The van der Waals surface area contributed by atoms with E-state index in [1.165, 1.54) is 0 Å². The van der Waals surface area contributed by atoms with Crippen molar-refractivity contribution >= 4 is 22.2 Å². The first-order valence-electron chi connectivity index (χ1n) is 12.1. The van der Waals surface area contributed by atoms with Crippen LogP contribution in [0.4, 0.5) is 5.82 Å². The molecule has 37 heavy (non-hydrogen) atoms. The summed E-state index contributed by atoms with van der Waals surface area (Å²) >= 11 is 0. The lowest BCUT2D eigenvalue weighted by atomic mass is 10.0. The molecular weight excluding hydrogens is 462 g/mol. The standard InChI is InChI=1S/C29H29N7O/c1-20(32-19-24-27(30)33-35-17-9-15-31-28(24)35)25-18-22-11-7-10-21(12-8-16-34(2)3)26(22)29(37)36(25)23-13-5-4-6-14-23/h4-7,9-11,13-15,17-18,20,32H,16,19H2,1-3H3,(H2,30,33). The van der Waals surface area contributed by atoms with Crippen molar-refractivity contribution in [1.82, 2.24) is 29.4 Å². The minimum absolute atomic E-state index is 0.0979. The summed E-state index contributed by atoms with van der Waals surface area (Å²) < 4.78 is 3.45. The van der Waals surface area contributed by atoms with Crippen LogP contribution < -0.4 is 16.6 Å². The van der Waals surface area contributed by atoms with Gasteiger partial charge in [0.15, 0.2) is 11.5 Å². The lowest BCUT2D eigenvalue weighted by Gasteiger charge is -2.21. The van der Waals surface area contributed by atoms with Crippen molar-refractivity contribution in [3.63, 3.8) is 0 Å². The van der Waals surface area contributed by atoms with Crippen molar-refractivity contribution in [1.29, 1.82) is 0 Å². The number of para-hydroxylation sites is 1. The van der Waals surface area contributed by atoms with Gasteiger partial charge in [0.25, 0.3) is 5.56 Å². The smallest absolute Gasteiger partial charge is 0.264 e. The highest BCUT2D eigenvalue weighted by Crippen LogP contribution is 2.24. The second-order valence-corrected chi connectivity index (χ2v) is 9.21. The van der Waals surface area contributed by atoms with Crippen molar-refractivity contribution < 1.29 is 0 Å². The first-order chi connectivity index (χ1) is 17.9. The van der Waals surface area contributed by atoms with Crippen LogP contribution in [0.15, 0.2) is 77.9 Å². The number of rotatable bonds is 6. The third-order valence-corrected chi connectivity index (χ3v) is 6.26. The van der Waals surface area contributed by atoms with E-state index in [9.17, 15) is 4.79 Å². The zero-order chi connectivity index (χ0) is 25.9. The van der Waals surface area contributed by atoms with E-state index in [2.05, 4.69) is 33.3 Å². The third kappa shape index (κ3) is 4.83.